The van der Waals surface area contributed by atoms with Crippen LogP contribution in [0, 0.1) is 17.8 Å². The highest BCUT2D eigenvalue weighted by molar-refractivity contribution is 5.88. The Hall–Kier alpha value is -2.92. The average molecular weight is 645 g/mol. The molecule has 47 heavy (non-hydrogen) atoms. The van der Waals surface area contributed by atoms with Gasteiger partial charge in [-0.1, -0.05) is 121 Å². The molecule has 0 aromatic heterocycles. The van der Waals surface area contributed by atoms with Gasteiger partial charge in [-0.2, -0.15) is 0 Å². The fourth-order valence-corrected chi connectivity index (χ4v) is 7.89. The number of aliphatic hydroxyl groups excluding tert-OH is 1. The van der Waals surface area contributed by atoms with Crippen molar-refractivity contribution < 1.29 is 24.2 Å². The van der Waals surface area contributed by atoms with Crippen LogP contribution in [0.2, 0.25) is 0 Å². The molecule has 2 aromatic rings. The highest BCUT2D eigenvalue weighted by atomic mass is 16.5. The number of rotatable bonds is 18. The van der Waals surface area contributed by atoms with Crippen LogP contribution < -0.4 is 0 Å². The number of fused-ring (bicyclic) bond motifs is 1. The summed E-state index contributed by atoms with van der Waals surface area (Å²) in [5, 5.41) is 11.6. The predicted octanol–water partition coefficient (Wildman–Crippen LogP) is 10.4. The summed E-state index contributed by atoms with van der Waals surface area (Å²) in [7, 11) is 0. The molecule has 5 heteroatoms. The number of benzene rings is 2. The maximum atomic E-state index is 12.0. The number of hydrogen-bond donors (Lipinski definition) is 1. The highest BCUT2D eigenvalue weighted by Crippen LogP contribution is 2.41. The first-order valence-electron chi connectivity index (χ1n) is 18.6. The second-order valence-corrected chi connectivity index (χ2v) is 14.6. The van der Waals surface area contributed by atoms with Crippen LogP contribution in [0.25, 0.3) is 10.8 Å². The minimum Gasteiger partial charge on any atom is -0.462 e. The molecule has 0 bridgehead atoms. The molecular weight excluding hydrogens is 584 g/mol. The summed E-state index contributed by atoms with van der Waals surface area (Å²) in [6.45, 7) is 11.2. The van der Waals surface area contributed by atoms with E-state index in [4.69, 9.17) is 14.6 Å². The Morgan fingerprint density at radius 1 is 0.766 bits per heavy atom. The van der Waals surface area contributed by atoms with Crippen LogP contribution in [0.5, 0.6) is 0 Å². The first-order chi connectivity index (χ1) is 22.8. The van der Waals surface area contributed by atoms with Gasteiger partial charge in [0.25, 0.3) is 0 Å². The summed E-state index contributed by atoms with van der Waals surface area (Å²) >= 11 is 0. The van der Waals surface area contributed by atoms with Crippen molar-refractivity contribution in [3.63, 3.8) is 0 Å². The lowest BCUT2D eigenvalue weighted by atomic mass is 9.74. The third kappa shape index (κ3) is 11.6. The first kappa shape index (κ1) is 36.9. The highest BCUT2D eigenvalue weighted by Gasteiger charge is 2.26. The largest absolute Gasteiger partial charge is 0.462 e. The first-order valence-corrected chi connectivity index (χ1v) is 18.6. The van der Waals surface area contributed by atoms with E-state index in [2.05, 4.69) is 56.5 Å². The molecule has 2 saturated carbocycles. The average Bonchev–Trinajstić information content (AvgIpc) is 3.10. The van der Waals surface area contributed by atoms with Crippen LogP contribution in [0.15, 0.2) is 60.7 Å². The van der Waals surface area contributed by atoms with E-state index in [1.165, 1.54) is 106 Å². The van der Waals surface area contributed by atoms with Crippen LogP contribution in [-0.2, 0) is 19.1 Å². The molecule has 1 atom stereocenters. The quantitative estimate of drug-likeness (QED) is 0.0993. The summed E-state index contributed by atoms with van der Waals surface area (Å²) < 4.78 is 10.7. The lowest BCUT2D eigenvalue weighted by molar-refractivity contribution is -0.139. The van der Waals surface area contributed by atoms with Gasteiger partial charge in [0.1, 0.15) is 0 Å². The number of aliphatic hydroxyl groups is 1. The van der Waals surface area contributed by atoms with Crippen LogP contribution in [-0.4, -0.2) is 36.9 Å². The van der Waals surface area contributed by atoms with Crippen molar-refractivity contribution in [1.82, 2.24) is 0 Å². The second-order valence-electron chi connectivity index (χ2n) is 14.6. The Labute approximate surface area is 284 Å². The molecule has 0 spiro atoms. The molecular formula is C42H60O5. The lowest BCUT2D eigenvalue weighted by Gasteiger charge is -2.32. The third-order valence-electron chi connectivity index (χ3n) is 11.1. The topological polar surface area (TPSA) is 72.8 Å². The van der Waals surface area contributed by atoms with E-state index < -0.39 is 18.5 Å². The fourth-order valence-electron chi connectivity index (χ4n) is 7.89. The van der Waals surface area contributed by atoms with Crippen molar-refractivity contribution in [2.24, 2.45) is 17.8 Å². The lowest BCUT2D eigenvalue weighted by Crippen LogP contribution is -2.17. The molecule has 0 radical (unpaired) electrons. The zero-order valence-electron chi connectivity index (χ0n) is 29.3. The zero-order chi connectivity index (χ0) is 33.6. The third-order valence-corrected chi connectivity index (χ3v) is 11.1. The molecule has 0 heterocycles. The molecule has 2 aromatic carbocycles. The van der Waals surface area contributed by atoms with Crippen molar-refractivity contribution >= 4 is 22.7 Å². The van der Waals surface area contributed by atoms with E-state index in [0.717, 1.165) is 23.3 Å². The minimum absolute atomic E-state index is 0.0308. The van der Waals surface area contributed by atoms with Crippen LogP contribution >= 0.6 is 0 Å². The SMILES string of the molecule is C=C(C)C(=O)OCCC(CCOC(=O)C(=C)CO)c1ccc2cc(C3CCC(CCC4CCC(CCCCC)CC4)CC3)ccc2c1. The summed E-state index contributed by atoms with van der Waals surface area (Å²) in [5.41, 5.74) is 3.00. The standard InChI is InChI=1S/C42H60O5/c1-5-6-7-8-32-9-11-33(12-10-32)13-14-34-15-17-35(18-16-34)37-19-21-40-28-38(20-22-39(40)27-37)36(23-25-46-41(44)30(2)3)24-26-47-42(45)31(4)29-43/h19-22,27-28,32-36,43H,2,4-18,23-26,29H2,1,3H3. The Bertz CT molecular complexity index is 1310. The number of esters is 2. The van der Waals surface area contributed by atoms with Crippen LogP contribution in [0.4, 0.5) is 0 Å². The predicted molar refractivity (Wildman–Crippen MR) is 192 cm³/mol. The maximum Gasteiger partial charge on any atom is 0.335 e. The molecule has 2 aliphatic rings. The van der Waals surface area contributed by atoms with E-state index in [1.807, 2.05) is 0 Å². The summed E-state index contributed by atoms with van der Waals surface area (Å²) in [6.07, 6.45) is 20.9. The van der Waals surface area contributed by atoms with Gasteiger partial charge in [-0.05, 0) is 96.9 Å². The number of hydrogen-bond acceptors (Lipinski definition) is 5. The Morgan fingerprint density at radius 3 is 1.91 bits per heavy atom. The second kappa shape index (κ2) is 19.2. The molecule has 2 fully saturated rings. The Morgan fingerprint density at radius 2 is 1.32 bits per heavy atom. The molecule has 4 rings (SSSR count). The van der Waals surface area contributed by atoms with Crippen molar-refractivity contribution in [1.29, 1.82) is 0 Å². The maximum absolute atomic E-state index is 12.0. The molecule has 1 N–H and O–H groups in total. The zero-order valence-corrected chi connectivity index (χ0v) is 29.3. The van der Waals surface area contributed by atoms with Gasteiger partial charge in [-0.15, -0.1) is 0 Å². The van der Waals surface area contributed by atoms with Crippen molar-refractivity contribution in [2.45, 2.75) is 128 Å². The van der Waals surface area contributed by atoms with Crippen molar-refractivity contribution in [2.75, 3.05) is 19.8 Å². The van der Waals surface area contributed by atoms with Crippen LogP contribution in [0.1, 0.15) is 140 Å². The van der Waals surface area contributed by atoms with Gasteiger partial charge < -0.3 is 14.6 Å². The smallest absolute Gasteiger partial charge is 0.335 e. The summed E-state index contributed by atoms with van der Waals surface area (Å²) in [4.78, 5) is 24.0. The monoisotopic (exact) mass is 644 g/mol. The molecule has 0 aliphatic heterocycles. The van der Waals surface area contributed by atoms with Gasteiger partial charge >= 0.3 is 11.9 Å². The minimum atomic E-state index is -0.588. The van der Waals surface area contributed by atoms with E-state index >= 15 is 0 Å². The molecule has 1 unspecified atom stereocenters. The van der Waals surface area contributed by atoms with Gasteiger partial charge in [0.15, 0.2) is 0 Å². The van der Waals surface area contributed by atoms with Gasteiger partial charge in [0, 0.05) is 5.57 Å². The Kier molecular flexibility index (Phi) is 15.1. The number of ether oxygens (including phenoxy) is 2. The van der Waals surface area contributed by atoms with Crippen molar-refractivity contribution in [3.8, 4) is 0 Å². The fraction of sp³-hybridized carbons (Fsp3) is 0.619. The molecule has 2 aliphatic carbocycles. The normalized spacial score (nSPS) is 22.0. The van der Waals surface area contributed by atoms with E-state index in [9.17, 15) is 9.59 Å². The van der Waals surface area contributed by atoms with E-state index in [-0.39, 0.29) is 24.7 Å². The van der Waals surface area contributed by atoms with Gasteiger partial charge in [0.2, 0.25) is 0 Å². The van der Waals surface area contributed by atoms with Crippen LogP contribution in [0.3, 0.4) is 0 Å². The van der Waals surface area contributed by atoms with E-state index in [1.54, 1.807) is 6.92 Å². The molecule has 0 amide bonds. The van der Waals surface area contributed by atoms with Gasteiger partial charge in [0.05, 0.1) is 25.4 Å². The number of unbranched alkanes of at least 4 members (excludes halogenated alkanes) is 2. The number of carbonyl (C=O) groups is 2. The van der Waals surface area contributed by atoms with Crippen molar-refractivity contribution in [3.05, 3.63) is 71.8 Å². The molecule has 258 valence electrons. The summed E-state index contributed by atoms with van der Waals surface area (Å²) in [5.74, 6) is 2.59. The van der Waals surface area contributed by atoms with Gasteiger partial charge in [-0.25, -0.2) is 9.59 Å². The summed E-state index contributed by atoms with van der Waals surface area (Å²) in [6, 6.07) is 13.5. The van der Waals surface area contributed by atoms with Gasteiger partial charge in [-0.3, -0.25) is 0 Å². The molecule has 0 saturated heterocycles. The number of carbonyl (C=O) groups excluding carboxylic acids is 2. The van der Waals surface area contributed by atoms with E-state index in [0.29, 0.717) is 24.3 Å². The Balaban J connectivity index is 1.28. The molecule has 5 nitrogen and oxygen atoms in total.